The molecule has 0 aromatic heterocycles. The third kappa shape index (κ3) is 2.60. The first-order chi connectivity index (χ1) is 6.70. The van der Waals surface area contributed by atoms with Gasteiger partial charge in [0.15, 0.2) is 0 Å². The maximum absolute atomic E-state index is 2.46. The molecule has 0 aliphatic heterocycles. The molecular weight excluding hydrogens is 184 g/mol. The molecule has 0 saturated carbocycles. The predicted octanol–water partition coefficient (Wildman–Crippen LogP) is 4.24. The number of allylic oxidation sites excluding steroid dienone is 4. The van der Waals surface area contributed by atoms with Crippen molar-refractivity contribution in [3.05, 3.63) is 23.4 Å². The summed E-state index contributed by atoms with van der Waals surface area (Å²) in [4.78, 5) is 0. The van der Waals surface area contributed by atoms with Gasteiger partial charge in [0, 0.05) is 0 Å². The summed E-state index contributed by atoms with van der Waals surface area (Å²) in [7, 11) is -0.676. The highest BCUT2D eigenvalue weighted by molar-refractivity contribution is 6.69. The summed E-state index contributed by atoms with van der Waals surface area (Å²) in [5.41, 5.74) is 1.94. The molecule has 80 valence electrons. The fourth-order valence-electron chi connectivity index (χ4n) is 2.51. The minimum absolute atomic E-state index is 0.676. The van der Waals surface area contributed by atoms with E-state index < -0.39 is 8.80 Å². The van der Waals surface area contributed by atoms with Crippen LogP contribution in [0.1, 0.15) is 47.0 Å². The van der Waals surface area contributed by atoms with E-state index in [9.17, 15) is 0 Å². The zero-order chi connectivity index (χ0) is 10.6. The highest BCUT2D eigenvalue weighted by Gasteiger charge is 2.26. The van der Waals surface area contributed by atoms with Crippen LogP contribution in [-0.2, 0) is 0 Å². The van der Waals surface area contributed by atoms with Crippen LogP contribution in [0.4, 0.5) is 0 Å². The van der Waals surface area contributed by atoms with Gasteiger partial charge in [0.2, 0.25) is 0 Å². The summed E-state index contributed by atoms with van der Waals surface area (Å²) < 4.78 is 0. The van der Waals surface area contributed by atoms with Gasteiger partial charge in [-0.15, -0.1) is 0 Å². The van der Waals surface area contributed by atoms with Gasteiger partial charge in [0.05, 0.1) is 8.80 Å². The fourth-order valence-corrected chi connectivity index (χ4v) is 6.85. The summed E-state index contributed by atoms with van der Waals surface area (Å²) in [5, 5.41) is 1.80. The quantitative estimate of drug-likeness (QED) is 0.593. The van der Waals surface area contributed by atoms with Crippen molar-refractivity contribution in [1.29, 1.82) is 0 Å². The van der Waals surface area contributed by atoms with E-state index in [0.717, 1.165) is 11.1 Å². The Balaban J connectivity index is 2.71. The molecule has 0 aromatic rings. The van der Waals surface area contributed by atoms with Crippen molar-refractivity contribution in [3.8, 4) is 0 Å². The van der Waals surface area contributed by atoms with Gasteiger partial charge in [0.25, 0.3) is 0 Å². The van der Waals surface area contributed by atoms with Gasteiger partial charge in [0.1, 0.15) is 0 Å². The maximum atomic E-state index is 2.46. The molecule has 1 aliphatic rings. The minimum atomic E-state index is -0.676. The summed E-state index contributed by atoms with van der Waals surface area (Å²) in [6, 6.07) is 0. The average molecular weight is 208 g/mol. The Morgan fingerprint density at radius 3 is 2.14 bits per heavy atom. The molecule has 0 heterocycles. The van der Waals surface area contributed by atoms with E-state index in [2.05, 4.69) is 45.9 Å². The van der Waals surface area contributed by atoms with Gasteiger partial charge in [-0.3, -0.25) is 0 Å². The zero-order valence-corrected chi connectivity index (χ0v) is 11.2. The van der Waals surface area contributed by atoms with Crippen molar-refractivity contribution in [3.63, 3.8) is 0 Å². The standard InChI is InChI=1S/C13H24Si/c1-5-11(3)14(12(4)6-2)13-9-7-8-10-13/h7-9,11-12,14H,5-6,10H2,1-4H3. The van der Waals surface area contributed by atoms with E-state index >= 15 is 0 Å². The van der Waals surface area contributed by atoms with Gasteiger partial charge < -0.3 is 0 Å². The van der Waals surface area contributed by atoms with Crippen LogP contribution in [0.2, 0.25) is 11.1 Å². The Labute approximate surface area is 90.7 Å². The van der Waals surface area contributed by atoms with E-state index in [0.29, 0.717) is 0 Å². The SMILES string of the molecule is CCC(C)[SiH](C1=CC=CC1)C(C)CC. The van der Waals surface area contributed by atoms with E-state index in [1.807, 2.05) is 0 Å². The summed E-state index contributed by atoms with van der Waals surface area (Å²) in [6.07, 6.45) is 10.9. The first-order valence-electron chi connectivity index (χ1n) is 6.06. The number of rotatable bonds is 5. The lowest BCUT2D eigenvalue weighted by atomic mass is 10.3. The fraction of sp³-hybridized carbons (Fsp3) is 0.692. The Morgan fingerprint density at radius 2 is 1.79 bits per heavy atom. The van der Waals surface area contributed by atoms with Crippen LogP contribution in [0, 0.1) is 0 Å². The summed E-state index contributed by atoms with van der Waals surface area (Å²) >= 11 is 0. The molecule has 0 saturated heterocycles. The molecule has 0 amide bonds. The van der Waals surface area contributed by atoms with Crippen molar-refractivity contribution in [2.75, 3.05) is 0 Å². The van der Waals surface area contributed by atoms with Crippen LogP contribution >= 0.6 is 0 Å². The van der Waals surface area contributed by atoms with Crippen molar-refractivity contribution in [2.24, 2.45) is 0 Å². The molecule has 0 aromatic carbocycles. The lowest BCUT2D eigenvalue weighted by Gasteiger charge is -2.28. The van der Waals surface area contributed by atoms with Gasteiger partial charge in [-0.1, -0.05) is 64.0 Å². The molecule has 1 aliphatic carbocycles. The molecule has 1 rings (SSSR count). The highest BCUT2D eigenvalue weighted by atomic mass is 28.3. The summed E-state index contributed by atoms with van der Waals surface area (Å²) in [5.74, 6) is 0. The molecule has 2 atom stereocenters. The monoisotopic (exact) mass is 208 g/mol. The normalized spacial score (nSPS) is 21.9. The van der Waals surface area contributed by atoms with Gasteiger partial charge >= 0.3 is 0 Å². The Kier molecular flexibility index (Phi) is 4.66. The van der Waals surface area contributed by atoms with Crippen molar-refractivity contribution >= 4 is 8.80 Å². The van der Waals surface area contributed by atoms with Crippen molar-refractivity contribution < 1.29 is 0 Å². The van der Waals surface area contributed by atoms with E-state index in [1.54, 1.807) is 5.20 Å². The van der Waals surface area contributed by atoms with Gasteiger partial charge in [-0.2, -0.15) is 0 Å². The molecule has 2 unspecified atom stereocenters. The molecule has 0 N–H and O–H groups in total. The van der Waals surface area contributed by atoms with E-state index in [4.69, 9.17) is 0 Å². The highest BCUT2D eigenvalue weighted by Crippen LogP contribution is 2.34. The largest absolute Gasteiger partial charge is 0.0809 e. The Bertz CT molecular complexity index is 217. The van der Waals surface area contributed by atoms with Crippen LogP contribution in [0.25, 0.3) is 0 Å². The van der Waals surface area contributed by atoms with Gasteiger partial charge in [-0.05, 0) is 17.5 Å². The number of hydrogen-bond acceptors (Lipinski definition) is 0. The zero-order valence-electron chi connectivity index (χ0n) is 10.1. The minimum Gasteiger partial charge on any atom is -0.0809 e. The first kappa shape index (κ1) is 11.8. The van der Waals surface area contributed by atoms with Crippen LogP contribution in [0.3, 0.4) is 0 Å². The number of hydrogen-bond donors (Lipinski definition) is 0. The smallest absolute Gasteiger partial charge is 0.0716 e. The second-order valence-electron chi connectivity index (χ2n) is 4.67. The molecule has 0 nitrogen and oxygen atoms in total. The van der Waals surface area contributed by atoms with Crippen molar-refractivity contribution in [2.45, 2.75) is 58.0 Å². The third-order valence-corrected chi connectivity index (χ3v) is 8.42. The van der Waals surface area contributed by atoms with E-state index in [1.165, 1.54) is 19.3 Å². The van der Waals surface area contributed by atoms with Crippen LogP contribution < -0.4 is 0 Å². The molecule has 0 spiro atoms. The topological polar surface area (TPSA) is 0 Å². The van der Waals surface area contributed by atoms with Gasteiger partial charge in [-0.25, -0.2) is 0 Å². The van der Waals surface area contributed by atoms with Crippen LogP contribution in [0.5, 0.6) is 0 Å². The van der Waals surface area contributed by atoms with Crippen LogP contribution in [-0.4, -0.2) is 8.80 Å². The van der Waals surface area contributed by atoms with E-state index in [-0.39, 0.29) is 0 Å². The maximum Gasteiger partial charge on any atom is 0.0716 e. The first-order valence-corrected chi connectivity index (χ1v) is 7.97. The second kappa shape index (κ2) is 5.55. The molecule has 0 bridgehead atoms. The lowest BCUT2D eigenvalue weighted by Crippen LogP contribution is -2.26. The Morgan fingerprint density at radius 1 is 1.21 bits per heavy atom. The van der Waals surface area contributed by atoms with Crippen molar-refractivity contribution in [1.82, 2.24) is 0 Å². The molecule has 14 heavy (non-hydrogen) atoms. The average Bonchev–Trinajstić information content (AvgIpc) is 2.70. The summed E-state index contributed by atoms with van der Waals surface area (Å²) in [6.45, 7) is 9.61. The molecule has 0 fully saturated rings. The lowest BCUT2D eigenvalue weighted by molar-refractivity contribution is 0.783. The van der Waals surface area contributed by atoms with Crippen LogP contribution in [0.15, 0.2) is 23.4 Å². The molecule has 1 heteroatoms. The molecular formula is C13H24Si. The second-order valence-corrected chi connectivity index (χ2v) is 8.74. The third-order valence-electron chi connectivity index (χ3n) is 3.74. The Hall–Kier alpha value is -0.303. The molecule has 0 radical (unpaired) electrons. The predicted molar refractivity (Wildman–Crippen MR) is 68.4 cm³/mol.